The Kier molecular flexibility index (Phi) is 4.29. The Balaban J connectivity index is 2.27. The molecular weight excluding hydrogens is 268 g/mol. The summed E-state index contributed by atoms with van der Waals surface area (Å²) in [6.45, 7) is 3.03. The molecule has 0 aliphatic carbocycles. The lowest BCUT2D eigenvalue weighted by molar-refractivity contribution is 0.0632. The van der Waals surface area contributed by atoms with Crippen LogP contribution in [0.25, 0.3) is 0 Å². The number of aryl methyl sites for hydroxylation is 1. The molecule has 1 fully saturated rings. The minimum atomic E-state index is -3.53. The first-order valence-electron chi connectivity index (χ1n) is 6.32. The van der Waals surface area contributed by atoms with Crippen molar-refractivity contribution < 1.29 is 17.6 Å². The van der Waals surface area contributed by atoms with Crippen LogP contribution in [0.3, 0.4) is 0 Å². The van der Waals surface area contributed by atoms with Gasteiger partial charge in [0, 0.05) is 32.4 Å². The average molecular weight is 288 g/mol. The maximum atomic E-state index is 12.6. The van der Waals surface area contributed by atoms with Crippen LogP contribution >= 0.6 is 0 Å². The molecule has 2 rings (SSSR count). The van der Waals surface area contributed by atoms with E-state index in [-0.39, 0.29) is 17.5 Å². The summed E-state index contributed by atoms with van der Waals surface area (Å²) in [4.78, 5) is 0.210. The molecule has 19 heavy (non-hydrogen) atoms. The molecule has 2 N–H and O–H groups in total. The molecule has 0 spiro atoms. The van der Waals surface area contributed by atoms with Crippen LogP contribution in [-0.2, 0) is 21.3 Å². The average Bonchev–Trinajstić information content (AvgIpc) is 2.81. The van der Waals surface area contributed by atoms with Crippen LogP contribution in [0.2, 0.25) is 0 Å². The summed E-state index contributed by atoms with van der Waals surface area (Å²) in [5.74, 6) is 0.871. The van der Waals surface area contributed by atoms with Crippen molar-refractivity contribution in [1.82, 2.24) is 4.31 Å². The number of rotatable bonds is 4. The third-order valence-electron chi connectivity index (χ3n) is 3.49. The highest BCUT2D eigenvalue weighted by Gasteiger charge is 2.32. The third kappa shape index (κ3) is 2.84. The number of furan rings is 1. The Morgan fingerprint density at radius 3 is 2.58 bits per heavy atom. The Labute approximate surface area is 113 Å². The summed E-state index contributed by atoms with van der Waals surface area (Å²) < 4.78 is 37.1. The molecule has 1 aromatic rings. The van der Waals surface area contributed by atoms with Gasteiger partial charge in [-0.2, -0.15) is 4.31 Å². The minimum absolute atomic E-state index is 0.0191. The number of sulfonamides is 1. The van der Waals surface area contributed by atoms with E-state index in [0.717, 1.165) is 12.8 Å². The molecule has 0 aromatic carbocycles. The Hall–Kier alpha value is -0.890. The topological polar surface area (TPSA) is 85.8 Å². The summed E-state index contributed by atoms with van der Waals surface area (Å²) >= 11 is 0. The van der Waals surface area contributed by atoms with Gasteiger partial charge in [-0.15, -0.1) is 0 Å². The fourth-order valence-corrected chi connectivity index (χ4v) is 3.88. The maximum absolute atomic E-state index is 12.6. The molecule has 1 aliphatic rings. The second kappa shape index (κ2) is 5.62. The van der Waals surface area contributed by atoms with Crippen LogP contribution < -0.4 is 5.73 Å². The van der Waals surface area contributed by atoms with Crippen molar-refractivity contribution in [2.75, 3.05) is 20.3 Å². The zero-order chi connectivity index (χ0) is 14.0. The Morgan fingerprint density at radius 2 is 2.05 bits per heavy atom. The highest BCUT2D eigenvalue weighted by molar-refractivity contribution is 7.89. The first kappa shape index (κ1) is 14.5. The molecule has 0 amide bonds. The largest absolute Gasteiger partial charge is 0.464 e. The van der Waals surface area contributed by atoms with Crippen molar-refractivity contribution in [3.8, 4) is 0 Å². The van der Waals surface area contributed by atoms with Crippen molar-refractivity contribution in [2.45, 2.75) is 37.2 Å². The second-order valence-corrected chi connectivity index (χ2v) is 6.67. The Morgan fingerprint density at radius 1 is 1.42 bits per heavy atom. The fourth-order valence-electron chi connectivity index (χ4n) is 2.28. The highest BCUT2D eigenvalue weighted by atomic mass is 32.2. The fraction of sp³-hybridized carbons (Fsp3) is 0.667. The van der Waals surface area contributed by atoms with Gasteiger partial charge in [0.15, 0.2) is 0 Å². The van der Waals surface area contributed by atoms with Crippen LogP contribution in [0.5, 0.6) is 0 Å². The molecular formula is C12H20N2O4S. The van der Waals surface area contributed by atoms with Gasteiger partial charge in [0.2, 0.25) is 10.0 Å². The predicted octanol–water partition coefficient (Wildman–Crippen LogP) is 0.846. The quantitative estimate of drug-likeness (QED) is 0.887. The van der Waals surface area contributed by atoms with E-state index in [4.69, 9.17) is 14.9 Å². The SMILES string of the molecule is Cc1oc(CN)cc1S(=O)(=O)N(C)C1CCOCC1. The second-order valence-electron chi connectivity index (χ2n) is 4.70. The summed E-state index contributed by atoms with van der Waals surface area (Å²) in [7, 11) is -1.92. The standard InChI is InChI=1S/C12H20N2O4S/c1-9-12(7-11(8-13)18-9)19(15,16)14(2)10-3-5-17-6-4-10/h7,10H,3-6,8,13H2,1-2H3. The molecule has 6 nitrogen and oxygen atoms in total. The van der Waals surface area contributed by atoms with Crippen molar-refractivity contribution in [1.29, 1.82) is 0 Å². The first-order chi connectivity index (χ1) is 8.96. The van der Waals surface area contributed by atoms with Gasteiger partial charge in [0.1, 0.15) is 16.4 Å². The molecule has 1 saturated heterocycles. The number of ether oxygens (including phenoxy) is 1. The lowest BCUT2D eigenvalue weighted by atomic mass is 10.1. The van der Waals surface area contributed by atoms with Gasteiger partial charge in [0.25, 0.3) is 0 Å². The summed E-state index contributed by atoms with van der Waals surface area (Å²) in [5.41, 5.74) is 5.48. The number of hydrogen-bond acceptors (Lipinski definition) is 5. The van der Waals surface area contributed by atoms with Crippen LogP contribution in [0, 0.1) is 6.92 Å². The van der Waals surface area contributed by atoms with E-state index < -0.39 is 10.0 Å². The Bertz CT molecular complexity index is 532. The first-order valence-corrected chi connectivity index (χ1v) is 7.76. The maximum Gasteiger partial charge on any atom is 0.246 e. The zero-order valence-electron chi connectivity index (χ0n) is 11.3. The van der Waals surface area contributed by atoms with Gasteiger partial charge >= 0.3 is 0 Å². The monoisotopic (exact) mass is 288 g/mol. The molecule has 0 radical (unpaired) electrons. The van der Waals surface area contributed by atoms with Gasteiger partial charge in [-0.1, -0.05) is 0 Å². The minimum Gasteiger partial charge on any atom is -0.464 e. The molecule has 1 aliphatic heterocycles. The smallest absolute Gasteiger partial charge is 0.246 e. The molecule has 108 valence electrons. The van der Waals surface area contributed by atoms with E-state index in [2.05, 4.69) is 0 Å². The van der Waals surface area contributed by atoms with E-state index in [1.165, 1.54) is 10.4 Å². The van der Waals surface area contributed by atoms with Gasteiger partial charge in [-0.25, -0.2) is 8.42 Å². The highest BCUT2D eigenvalue weighted by Crippen LogP contribution is 2.26. The normalized spacial score (nSPS) is 18.1. The summed E-state index contributed by atoms with van der Waals surface area (Å²) in [6, 6.07) is 1.50. The van der Waals surface area contributed by atoms with E-state index in [1.54, 1.807) is 14.0 Å². The number of hydrogen-bond donors (Lipinski definition) is 1. The van der Waals surface area contributed by atoms with Crippen LogP contribution in [0.15, 0.2) is 15.4 Å². The zero-order valence-corrected chi connectivity index (χ0v) is 12.1. The summed E-state index contributed by atoms with van der Waals surface area (Å²) in [5, 5.41) is 0. The molecule has 0 atom stereocenters. The lowest BCUT2D eigenvalue weighted by Crippen LogP contribution is -2.40. The van der Waals surface area contributed by atoms with Crippen molar-refractivity contribution in [3.63, 3.8) is 0 Å². The molecule has 2 heterocycles. The van der Waals surface area contributed by atoms with Crippen LogP contribution in [-0.4, -0.2) is 39.0 Å². The summed E-state index contributed by atoms with van der Waals surface area (Å²) in [6.07, 6.45) is 1.44. The van der Waals surface area contributed by atoms with Crippen molar-refractivity contribution in [3.05, 3.63) is 17.6 Å². The van der Waals surface area contributed by atoms with Crippen LogP contribution in [0.4, 0.5) is 0 Å². The van der Waals surface area contributed by atoms with Gasteiger partial charge in [-0.05, 0) is 19.8 Å². The molecule has 0 unspecified atom stereocenters. The van der Waals surface area contributed by atoms with E-state index in [9.17, 15) is 8.42 Å². The van der Waals surface area contributed by atoms with Crippen molar-refractivity contribution in [2.24, 2.45) is 5.73 Å². The van der Waals surface area contributed by atoms with Crippen LogP contribution in [0.1, 0.15) is 24.4 Å². The molecule has 0 bridgehead atoms. The number of nitrogens with zero attached hydrogens (tertiary/aromatic N) is 1. The number of nitrogens with two attached hydrogens (primary N) is 1. The molecule has 1 aromatic heterocycles. The van der Waals surface area contributed by atoms with Crippen molar-refractivity contribution >= 4 is 10.0 Å². The van der Waals surface area contributed by atoms with E-state index >= 15 is 0 Å². The molecule has 0 saturated carbocycles. The third-order valence-corrected chi connectivity index (χ3v) is 5.50. The molecule has 7 heteroatoms. The van der Waals surface area contributed by atoms with Gasteiger partial charge in [0.05, 0.1) is 6.54 Å². The van der Waals surface area contributed by atoms with Gasteiger partial charge < -0.3 is 14.9 Å². The van der Waals surface area contributed by atoms with E-state index in [0.29, 0.717) is 24.7 Å². The lowest BCUT2D eigenvalue weighted by Gasteiger charge is -2.30. The van der Waals surface area contributed by atoms with Gasteiger partial charge in [-0.3, -0.25) is 0 Å². The van der Waals surface area contributed by atoms with E-state index in [1.807, 2.05) is 0 Å². The predicted molar refractivity (Wildman–Crippen MR) is 70.1 cm³/mol.